The molecule has 1 aliphatic rings. The van der Waals surface area contributed by atoms with Gasteiger partial charge in [-0.2, -0.15) is 0 Å². The minimum absolute atomic E-state index is 0.0400. The lowest BCUT2D eigenvalue weighted by Crippen LogP contribution is -2.25. The molecule has 1 atom stereocenters. The number of carbonyl (C=O) groups is 1. The van der Waals surface area contributed by atoms with E-state index in [4.69, 9.17) is 10.2 Å². The lowest BCUT2D eigenvalue weighted by Gasteiger charge is -2.21. The van der Waals surface area contributed by atoms with Crippen LogP contribution in [-0.2, 0) is 0 Å². The van der Waals surface area contributed by atoms with Crippen LogP contribution in [0.3, 0.4) is 0 Å². The summed E-state index contributed by atoms with van der Waals surface area (Å²) in [5.41, 5.74) is -0.0400. The molecule has 0 radical (unpaired) electrons. The Kier molecular flexibility index (Phi) is 4.09. The molecule has 0 spiro atoms. The number of nitrogens with zero attached hydrogens (tertiary/aromatic N) is 3. The second-order valence-electron chi connectivity index (χ2n) is 4.53. The molecule has 1 fully saturated rings. The van der Waals surface area contributed by atoms with E-state index < -0.39 is 5.97 Å². The van der Waals surface area contributed by atoms with Crippen molar-refractivity contribution in [3.63, 3.8) is 0 Å². The topological polar surface area (TPSA) is 86.5 Å². The Balaban J connectivity index is 2.04. The molecule has 98 valence electrons. The zero-order valence-corrected chi connectivity index (χ0v) is 10.1. The Morgan fingerprint density at radius 2 is 2.17 bits per heavy atom. The molecule has 1 aromatic heterocycles. The Morgan fingerprint density at radius 3 is 2.78 bits per heavy atom. The Bertz CT molecular complexity index is 408. The highest BCUT2D eigenvalue weighted by atomic mass is 16.4. The van der Waals surface area contributed by atoms with E-state index in [-0.39, 0.29) is 12.3 Å². The molecule has 2 heterocycles. The van der Waals surface area contributed by atoms with Gasteiger partial charge in [-0.25, -0.2) is 14.8 Å². The van der Waals surface area contributed by atoms with Crippen LogP contribution in [0.4, 0.5) is 5.82 Å². The maximum Gasteiger partial charge on any atom is 0.356 e. The van der Waals surface area contributed by atoms with Crippen LogP contribution in [0.5, 0.6) is 0 Å². The van der Waals surface area contributed by atoms with Crippen molar-refractivity contribution >= 4 is 11.8 Å². The molecule has 0 aromatic carbocycles. The zero-order valence-electron chi connectivity index (χ0n) is 10.1. The SMILES string of the molecule is O=C(O)c1cnc(N2CCCC(CO)CC2)cn1. The lowest BCUT2D eigenvalue weighted by atomic mass is 10.0. The van der Waals surface area contributed by atoms with Crippen molar-refractivity contribution in [2.24, 2.45) is 5.92 Å². The summed E-state index contributed by atoms with van der Waals surface area (Å²) in [6.45, 7) is 1.93. The summed E-state index contributed by atoms with van der Waals surface area (Å²) in [5, 5.41) is 17.9. The quantitative estimate of drug-likeness (QED) is 0.825. The van der Waals surface area contributed by atoms with E-state index in [1.165, 1.54) is 12.4 Å². The molecule has 6 nitrogen and oxygen atoms in total. The average Bonchev–Trinajstić information content (AvgIpc) is 2.64. The fraction of sp³-hybridized carbons (Fsp3) is 0.583. The molecular formula is C12H17N3O3. The number of hydrogen-bond acceptors (Lipinski definition) is 5. The molecule has 0 saturated carbocycles. The summed E-state index contributed by atoms with van der Waals surface area (Å²) in [6, 6.07) is 0. The molecule has 6 heteroatoms. The van der Waals surface area contributed by atoms with Crippen LogP contribution in [0, 0.1) is 5.92 Å². The highest BCUT2D eigenvalue weighted by molar-refractivity contribution is 5.84. The number of rotatable bonds is 3. The molecule has 0 aliphatic carbocycles. The van der Waals surface area contributed by atoms with Gasteiger partial charge >= 0.3 is 5.97 Å². The molecule has 2 rings (SSSR count). The van der Waals surface area contributed by atoms with Crippen molar-refractivity contribution < 1.29 is 15.0 Å². The highest BCUT2D eigenvalue weighted by Crippen LogP contribution is 2.20. The highest BCUT2D eigenvalue weighted by Gasteiger charge is 2.17. The van der Waals surface area contributed by atoms with Crippen LogP contribution in [0.15, 0.2) is 12.4 Å². The second kappa shape index (κ2) is 5.77. The van der Waals surface area contributed by atoms with Gasteiger partial charge in [-0.15, -0.1) is 0 Å². The van der Waals surface area contributed by atoms with Gasteiger partial charge < -0.3 is 15.1 Å². The van der Waals surface area contributed by atoms with E-state index in [0.717, 1.165) is 32.4 Å². The monoisotopic (exact) mass is 251 g/mol. The average molecular weight is 251 g/mol. The van der Waals surface area contributed by atoms with E-state index in [0.29, 0.717) is 11.7 Å². The number of carboxylic acid groups (broad SMARTS) is 1. The predicted octanol–water partition coefficient (Wildman–Crippen LogP) is 0.774. The van der Waals surface area contributed by atoms with Gasteiger partial charge in [0, 0.05) is 19.7 Å². The third kappa shape index (κ3) is 2.95. The first-order valence-corrected chi connectivity index (χ1v) is 6.12. The van der Waals surface area contributed by atoms with Crippen molar-refractivity contribution in [3.8, 4) is 0 Å². The summed E-state index contributed by atoms with van der Waals surface area (Å²) in [5.74, 6) is 0.00472. The number of hydrogen-bond donors (Lipinski definition) is 2. The molecule has 18 heavy (non-hydrogen) atoms. The van der Waals surface area contributed by atoms with E-state index in [2.05, 4.69) is 14.9 Å². The van der Waals surface area contributed by atoms with E-state index in [1.807, 2.05) is 0 Å². The van der Waals surface area contributed by atoms with E-state index in [1.54, 1.807) is 0 Å². The number of anilines is 1. The number of aromatic nitrogens is 2. The largest absolute Gasteiger partial charge is 0.476 e. The molecular weight excluding hydrogens is 234 g/mol. The maximum absolute atomic E-state index is 10.7. The molecule has 1 aliphatic heterocycles. The first-order chi connectivity index (χ1) is 8.70. The molecule has 0 bridgehead atoms. The Hall–Kier alpha value is -1.69. The van der Waals surface area contributed by atoms with Crippen LogP contribution in [0.2, 0.25) is 0 Å². The van der Waals surface area contributed by atoms with Gasteiger partial charge in [0.25, 0.3) is 0 Å². The van der Waals surface area contributed by atoms with Crippen molar-refractivity contribution in [1.29, 1.82) is 0 Å². The number of aliphatic hydroxyl groups is 1. The standard InChI is InChI=1S/C12H17N3O3/c16-8-9-2-1-4-15(5-3-9)11-7-13-10(6-14-11)12(17)18/h6-7,9,16H,1-5,8H2,(H,17,18). The molecule has 1 aromatic rings. The smallest absolute Gasteiger partial charge is 0.356 e. The van der Waals surface area contributed by atoms with E-state index in [9.17, 15) is 4.79 Å². The number of aromatic carboxylic acids is 1. The molecule has 1 unspecified atom stereocenters. The predicted molar refractivity (Wildman–Crippen MR) is 65.6 cm³/mol. The van der Waals surface area contributed by atoms with Crippen LogP contribution >= 0.6 is 0 Å². The van der Waals surface area contributed by atoms with Crippen LogP contribution in [0.25, 0.3) is 0 Å². The van der Waals surface area contributed by atoms with Gasteiger partial charge in [-0.05, 0) is 25.2 Å². The molecule has 1 saturated heterocycles. The number of carboxylic acids is 1. The fourth-order valence-electron chi connectivity index (χ4n) is 2.17. The van der Waals surface area contributed by atoms with Crippen LogP contribution in [0.1, 0.15) is 29.8 Å². The van der Waals surface area contributed by atoms with Gasteiger partial charge in [0.2, 0.25) is 0 Å². The summed E-state index contributed by atoms with van der Waals surface area (Å²) in [6.07, 6.45) is 5.74. The third-order valence-electron chi connectivity index (χ3n) is 3.29. The van der Waals surface area contributed by atoms with Crippen molar-refractivity contribution in [1.82, 2.24) is 9.97 Å². The first-order valence-electron chi connectivity index (χ1n) is 6.12. The number of aliphatic hydroxyl groups excluding tert-OH is 1. The van der Waals surface area contributed by atoms with Gasteiger partial charge in [-0.3, -0.25) is 0 Å². The van der Waals surface area contributed by atoms with E-state index >= 15 is 0 Å². The van der Waals surface area contributed by atoms with Gasteiger partial charge in [0.15, 0.2) is 5.69 Å². The summed E-state index contributed by atoms with van der Waals surface area (Å²) in [4.78, 5) is 20.8. The summed E-state index contributed by atoms with van der Waals surface area (Å²) < 4.78 is 0. The fourth-order valence-corrected chi connectivity index (χ4v) is 2.17. The lowest BCUT2D eigenvalue weighted by molar-refractivity contribution is 0.0690. The Labute approximate surface area is 105 Å². The van der Waals surface area contributed by atoms with Crippen molar-refractivity contribution in [2.45, 2.75) is 19.3 Å². The van der Waals surface area contributed by atoms with Crippen molar-refractivity contribution in [3.05, 3.63) is 18.1 Å². The minimum Gasteiger partial charge on any atom is -0.476 e. The van der Waals surface area contributed by atoms with Gasteiger partial charge in [0.1, 0.15) is 5.82 Å². The zero-order chi connectivity index (χ0) is 13.0. The normalized spacial score (nSPS) is 20.5. The van der Waals surface area contributed by atoms with Gasteiger partial charge in [0.05, 0.1) is 12.4 Å². The van der Waals surface area contributed by atoms with Crippen LogP contribution in [-0.4, -0.2) is 45.8 Å². The summed E-state index contributed by atoms with van der Waals surface area (Å²) >= 11 is 0. The Morgan fingerprint density at radius 1 is 1.33 bits per heavy atom. The first kappa shape index (κ1) is 12.8. The molecule has 0 amide bonds. The minimum atomic E-state index is -1.06. The second-order valence-corrected chi connectivity index (χ2v) is 4.53. The summed E-state index contributed by atoms with van der Waals surface area (Å²) in [7, 11) is 0. The van der Waals surface area contributed by atoms with Gasteiger partial charge in [-0.1, -0.05) is 0 Å². The third-order valence-corrected chi connectivity index (χ3v) is 3.29. The van der Waals surface area contributed by atoms with Crippen LogP contribution < -0.4 is 4.90 Å². The maximum atomic E-state index is 10.7. The molecule has 2 N–H and O–H groups in total. The van der Waals surface area contributed by atoms with Crippen molar-refractivity contribution in [2.75, 3.05) is 24.6 Å².